The molecule has 1 amide bonds. The Balaban J connectivity index is 1.59. The van der Waals surface area contributed by atoms with Crippen molar-refractivity contribution in [2.45, 2.75) is 38.7 Å². The lowest BCUT2D eigenvalue weighted by Crippen LogP contribution is -2.38. The number of hydrogen-bond donors (Lipinski definition) is 1. The van der Waals surface area contributed by atoms with Crippen LogP contribution in [0.25, 0.3) is 11.5 Å². The minimum absolute atomic E-state index is 0.0827. The second kappa shape index (κ2) is 8.79. The van der Waals surface area contributed by atoms with E-state index in [1.165, 1.54) is 0 Å². The summed E-state index contributed by atoms with van der Waals surface area (Å²) in [4.78, 5) is 28.2. The highest BCUT2D eigenvalue weighted by Gasteiger charge is 2.24. The largest absolute Gasteiger partial charge is 0.485 e. The number of carbonyl (C=O) groups excluding carboxylic acids is 1. The average Bonchev–Trinajstić information content (AvgIpc) is 3.18. The number of hydrogen-bond acceptors (Lipinski definition) is 7. The standard InChI is InChI=1S/C22H27N5O3/c1-4-14(2)24-20(28)11-27(3)22-17-6-5-7-18(17)25-21(26-22)19-10-15(8-9-23-19)30-16-12-29-13-16/h8-10,16H,2,4-7,11-13H2,1,3H3,(H,24,28). The Kier molecular flexibility index (Phi) is 5.94. The lowest BCUT2D eigenvalue weighted by atomic mass is 10.2. The van der Waals surface area contributed by atoms with Crippen molar-refractivity contribution in [1.29, 1.82) is 0 Å². The van der Waals surface area contributed by atoms with Gasteiger partial charge in [-0.3, -0.25) is 9.78 Å². The van der Waals surface area contributed by atoms with Crippen molar-refractivity contribution in [3.8, 4) is 17.3 Å². The normalized spacial score (nSPS) is 15.3. The van der Waals surface area contributed by atoms with Crippen LogP contribution in [0.3, 0.4) is 0 Å². The molecule has 1 N–H and O–H groups in total. The number of carbonyl (C=O) groups is 1. The minimum Gasteiger partial charge on any atom is -0.485 e. The Morgan fingerprint density at radius 2 is 2.20 bits per heavy atom. The van der Waals surface area contributed by atoms with E-state index in [1.54, 1.807) is 6.20 Å². The van der Waals surface area contributed by atoms with Crippen LogP contribution < -0.4 is 15.0 Å². The summed E-state index contributed by atoms with van der Waals surface area (Å²) in [6, 6.07) is 3.68. The van der Waals surface area contributed by atoms with Gasteiger partial charge in [0.1, 0.15) is 23.4 Å². The fourth-order valence-electron chi connectivity index (χ4n) is 3.54. The molecule has 0 aromatic carbocycles. The second-order valence-corrected chi connectivity index (χ2v) is 7.67. The van der Waals surface area contributed by atoms with E-state index >= 15 is 0 Å². The molecule has 8 nitrogen and oxygen atoms in total. The van der Waals surface area contributed by atoms with Crippen molar-refractivity contribution in [3.05, 3.63) is 41.9 Å². The summed E-state index contributed by atoms with van der Waals surface area (Å²) in [6.07, 6.45) is 5.34. The van der Waals surface area contributed by atoms with Crippen molar-refractivity contribution in [1.82, 2.24) is 20.3 Å². The molecule has 1 saturated heterocycles. The molecule has 0 atom stereocenters. The van der Waals surface area contributed by atoms with Crippen molar-refractivity contribution < 1.29 is 14.3 Å². The first-order valence-corrected chi connectivity index (χ1v) is 10.3. The molecule has 3 heterocycles. The molecule has 8 heteroatoms. The number of pyridine rings is 1. The molecule has 158 valence electrons. The summed E-state index contributed by atoms with van der Waals surface area (Å²) in [6.45, 7) is 7.20. The lowest BCUT2D eigenvalue weighted by molar-refractivity contribution is -0.119. The number of amides is 1. The first-order chi connectivity index (χ1) is 14.5. The fourth-order valence-corrected chi connectivity index (χ4v) is 3.54. The molecule has 30 heavy (non-hydrogen) atoms. The van der Waals surface area contributed by atoms with Crippen LogP contribution >= 0.6 is 0 Å². The third kappa shape index (κ3) is 4.43. The highest BCUT2D eigenvalue weighted by molar-refractivity contribution is 5.82. The van der Waals surface area contributed by atoms with Crippen LogP contribution in [-0.2, 0) is 22.4 Å². The smallest absolute Gasteiger partial charge is 0.243 e. The topological polar surface area (TPSA) is 89.5 Å². The molecule has 4 rings (SSSR count). The SMILES string of the molecule is C=C(CC)NC(=O)CN(C)c1nc(-c2cc(OC3COC3)ccn2)nc2c1CCC2. The number of nitrogens with zero attached hydrogens (tertiary/aromatic N) is 4. The van der Waals surface area contributed by atoms with Crippen molar-refractivity contribution in [2.75, 3.05) is 31.7 Å². The first kappa shape index (κ1) is 20.3. The number of likely N-dealkylation sites (N-methyl/N-ethyl adjacent to an activating group) is 1. The number of nitrogens with one attached hydrogen (secondary N) is 1. The van der Waals surface area contributed by atoms with E-state index in [0.29, 0.717) is 36.8 Å². The number of allylic oxidation sites excluding steroid dienone is 1. The Morgan fingerprint density at radius 1 is 1.37 bits per heavy atom. The predicted octanol–water partition coefficient (Wildman–Crippen LogP) is 2.28. The highest BCUT2D eigenvalue weighted by Crippen LogP contribution is 2.31. The molecule has 1 aliphatic heterocycles. The molecule has 1 fully saturated rings. The van der Waals surface area contributed by atoms with Crippen LogP contribution in [0.5, 0.6) is 5.75 Å². The van der Waals surface area contributed by atoms with Crippen molar-refractivity contribution in [2.24, 2.45) is 0 Å². The van der Waals surface area contributed by atoms with E-state index in [9.17, 15) is 4.79 Å². The molecule has 2 aromatic heterocycles. The summed E-state index contributed by atoms with van der Waals surface area (Å²) < 4.78 is 11.1. The summed E-state index contributed by atoms with van der Waals surface area (Å²) in [5.41, 5.74) is 3.50. The summed E-state index contributed by atoms with van der Waals surface area (Å²) >= 11 is 0. The molecule has 0 unspecified atom stereocenters. The number of anilines is 1. The van der Waals surface area contributed by atoms with Crippen LogP contribution in [0.15, 0.2) is 30.6 Å². The van der Waals surface area contributed by atoms with Gasteiger partial charge in [-0.15, -0.1) is 0 Å². The van der Waals surface area contributed by atoms with Gasteiger partial charge in [0.05, 0.1) is 19.8 Å². The van der Waals surface area contributed by atoms with Gasteiger partial charge in [0.2, 0.25) is 5.91 Å². The van der Waals surface area contributed by atoms with E-state index in [2.05, 4.69) is 16.9 Å². The van der Waals surface area contributed by atoms with Gasteiger partial charge >= 0.3 is 0 Å². The van der Waals surface area contributed by atoms with Gasteiger partial charge in [-0.2, -0.15) is 0 Å². The van der Waals surface area contributed by atoms with Gasteiger partial charge in [0, 0.05) is 36.3 Å². The molecular weight excluding hydrogens is 382 g/mol. The van der Waals surface area contributed by atoms with Gasteiger partial charge in [-0.05, 0) is 31.7 Å². The number of ether oxygens (including phenoxy) is 2. The monoisotopic (exact) mass is 409 g/mol. The van der Waals surface area contributed by atoms with E-state index < -0.39 is 0 Å². The maximum absolute atomic E-state index is 12.3. The highest BCUT2D eigenvalue weighted by atomic mass is 16.6. The Hall–Kier alpha value is -3.00. The van der Waals surface area contributed by atoms with E-state index in [-0.39, 0.29) is 18.6 Å². The predicted molar refractivity (Wildman–Crippen MR) is 113 cm³/mol. The average molecular weight is 409 g/mol. The number of aryl methyl sites for hydroxylation is 1. The molecule has 2 aliphatic rings. The molecule has 0 bridgehead atoms. The van der Waals surface area contributed by atoms with Crippen LogP contribution in [-0.4, -0.2) is 53.8 Å². The van der Waals surface area contributed by atoms with Crippen LogP contribution in [0, 0.1) is 0 Å². The van der Waals surface area contributed by atoms with Crippen molar-refractivity contribution in [3.63, 3.8) is 0 Å². The van der Waals surface area contributed by atoms with Gasteiger partial charge in [0.15, 0.2) is 5.82 Å². The molecule has 1 aliphatic carbocycles. The van der Waals surface area contributed by atoms with Crippen LogP contribution in [0.2, 0.25) is 0 Å². The quantitative estimate of drug-likeness (QED) is 0.715. The number of aromatic nitrogens is 3. The number of fused-ring (bicyclic) bond motifs is 1. The first-order valence-electron chi connectivity index (χ1n) is 10.3. The van der Waals surface area contributed by atoms with E-state index in [4.69, 9.17) is 19.4 Å². The molecular formula is C22H27N5O3. The fraction of sp³-hybridized carbons (Fsp3) is 0.455. The van der Waals surface area contributed by atoms with E-state index in [0.717, 1.165) is 42.1 Å². The lowest BCUT2D eigenvalue weighted by Gasteiger charge is -2.26. The van der Waals surface area contributed by atoms with Gasteiger partial charge in [-0.25, -0.2) is 9.97 Å². The van der Waals surface area contributed by atoms with Crippen LogP contribution in [0.4, 0.5) is 5.82 Å². The summed E-state index contributed by atoms with van der Waals surface area (Å²) in [5, 5.41) is 2.82. The summed E-state index contributed by atoms with van der Waals surface area (Å²) in [5.74, 6) is 1.95. The zero-order valence-electron chi connectivity index (χ0n) is 17.5. The van der Waals surface area contributed by atoms with Gasteiger partial charge in [0.25, 0.3) is 0 Å². The second-order valence-electron chi connectivity index (χ2n) is 7.67. The number of rotatable bonds is 8. The third-order valence-electron chi connectivity index (χ3n) is 5.27. The van der Waals surface area contributed by atoms with E-state index in [1.807, 2.05) is 31.0 Å². The van der Waals surface area contributed by atoms with Crippen LogP contribution in [0.1, 0.15) is 31.0 Å². The Bertz CT molecular complexity index is 958. The Labute approximate surface area is 176 Å². The summed E-state index contributed by atoms with van der Waals surface area (Å²) in [7, 11) is 1.88. The van der Waals surface area contributed by atoms with Gasteiger partial charge < -0.3 is 19.7 Å². The maximum atomic E-state index is 12.3. The zero-order valence-corrected chi connectivity index (χ0v) is 17.5. The molecule has 2 aromatic rings. The minimum atomic E-state index is -0.104. The molecule has 0 radical (unpaired) electrons. The zero-order chi connectivity index (χ0) is 21.1. The maximum Gasteiger partial charge on any atom is 0.243 e. The third-order valence-corrected chi connectivity index (χ3v) is 5.27. The van der Waals surface area contributed by atoms with Crippen molar-refractivity contribution >= 4 is 11.7 Å². The van der Waals surface area contributed by atoms with Gasteiger partial charge in [-0.1, -0.05) is 13.5 Å². The molecule has 0 spiro atoms. The Morgan fingerprint density at radius 3 is 2.93 bits per heavy atom. The molecule has 0 saturated carbocycles.